The van der Waals surface area contributed by atoms with Crippen molar-refractivity contribution < 1.29 is 9.47 Å². The van der Waals surface area contributed by atoms with Crippen molar-refractivity contribution in [1.29, 1.82) is 0 Å². The van der Waals surface area contributed by atoms with Gasteiger partial charge in [-0.3, -0.25) is 4.98 Å². The summed E-state index contributed by atoms with van der Waals surface area (Å²) in [6.07, 6.45) is 5.25. The fraction of sp³-hybridized carbons (Fsp3) is 0.545. The van der Waals surface area contributed by atoms with Crippen molar-refractivity contribution in [3.8, 4) is 0 Å². The molecule has 1 aromatic carbocycles. The highest BCUT2D eigenvalue weighted by molar-refractivity contribution is 14.0. The molecule has 0 saturated carbocycles. The van der Waals surface area contributed by atoms with Crippen LogP contribution in [0, 0.1) is 0 Å². The lowest BCUT2D eigenvalue weighted by Crippen LogP contribution is -2.47. The predicted octanol–water partition coefficient (Wildman–Crippen LogP) is 3.84. The minimum atomic E-state index is 0. The predicted molar refractivity (Wildman–Crippen MR) is 129 cm³/mol. The van der Waals surface area contributed by atoms with E-state index in [1.54, 1.807) is 7.11 Å². The van der Waals surface area contributed by atoms with Crippen LogP contribution in [0.4, 0.5) is 0 Å². The van der Waals surface area contributed by atoms with Gasteiger partial charge in [-0.2, -0.15) is 0 Å². The van der Waals surface area contributed by atoms with Crippen LogP contribution in [0.3, 0.4) is 0 Å². The highest BCUT2D eigenvalue weighted by Gasteiger charge is 2.21. The van der Waals surface area contributed by atoms with Crippen LogP contribution in [0.15, 0.2) is 41.5 Å². The van der Waals surface area contributed by atoms with Crippen molar-refractivity contribution in [2.75, 3.05) is 40.0 Å². The number of pyridine rings is 1. The number of fused-ring (bicyclic) bond motifs is 1. The van der Waals surface area contributed by atoms with Gasteiger partial charge in [-0.25, -0.2) is 4.99 Å². The van der Waals surface area contributed by atoms with E-state index >= 15 is 0 Å². The molecule has 0 atom stereocenters. The molecule has 0 unspecified atom stereocenters. The molecule has 1 saturated heterocycles. The van der Waals surface area contributed by atoms with Crippen LogP contribution in [0.2, 0.25) is 0 Å². The number of rotatable bonds is 8. The molecule has 0 amide bonds. The Labute approximate surface area is 191 Å². The van der Waals surface area contributed by atoms with Crippen LogP contribution in [0.1, 0.15) is 31.7 Å². The third kappa shape index (κ3) is 7.08. The van der Waals surface area contributed by atoms with Gasteiger partial charge < -0.3 is 19.7 Å². The van der Waals surface area contributed by atoms with Gasteiger partial charge in [0, 0.05) is 51.5 Å². The molecular weight excluding hydrogens is 479 g/mol. The summed E-state index contributed by atoms with van der Waals surface area (Å²) >= 11 is 0. The number of nitrogens with one attached hydrogen (secondary N) is 1. The first-order valence-corrected chi connectivity index (χ1v) is 10.3. The zero-order valence-electron chi connectivity index (χ0n) is 17.5. The summed E-state index contributed by atoms with van der Waals surface area (Å²) in [6, 6.07) is 10.3. The lowest BCUT2D eigenvalue weighted by molar-refractivity contribution is 0.00990. The van der Waals surface area contributed by atoms with Gasteiger partial charge in [0.1, 0.15) is 0 Å². The number of guanidine groups is 1. The van der Waals surface area contributed by atoms with Crippen molar-refractivity contribution in [2.24, 2.45) is 4.99 Å². The van der Waals surface area contributed by atoms with E-state index in [2.05, 4.69) is 40.3 Å². The molecule has 3 rings (SSSR count). The second-order valence-electron chi connectivity index (χ2n) is 7.06. The molecule has 29 heavy (non-hydrogen) atoms. The number of hydrogen-bond donors (Lipinski definition) is 1. The molecule has 2 heterocycles. The summed E-state index contributed by atoms with van der Waals surface area (Å²) in [6.45, 7) is 7.11. The number of aliphatic imine (C=N–C) groups is 1. The summed E-state index contributed by atoms with van der Waals surface area (Å²) in [5, 5.41) is 4.62. The van der Waals surface area contributed by atoms with Crippen LogP contribution in [-0.4, -0.2) is 61.9 Å². The average Bonchev–Trinajstić information content (AvgIpc) is 2.75. The number of likely N-dealkylation sites (tertiary alicyclic amines) is 1. The van der Waals surface area contributed by atoms with Crippen LogP contribution >= 0.6 is 24.0 Å². The number of para-hydroxylation sites is 1. The number of ether oxygens (including phenoxy) is 2. The third-order valence-electron chi connectivity index (χ3n) is 5.06. The normalized spacial score (nSPS) is 15.4. The van der Waals surface area contributed by atoms with E-state index in [1.165, 1.54) is 10.9 Å². The van der Waals surface area contributed by atoms with Crippen molar-refractivity contribution in [3.05, 3.63) is 42.1 Å². The second kappa shape index (κ2) is 13.0. The Morgan fingerprint density at radius 3 is 2.76 bits per heavy atom. The molecule has 1 aromatic heterocycles. The standard InChI is InChI=1S/C22H32N4O2.HI/c1-3-23-22(26-13-10-19(11-14-26)28-16-6-15-27-2)25-17-18-9-12-24-21-8-5-4-7-20(18)21;/h4-5,7-9,12,19H,3,6,10-11,13-17H2,1-2H3,(H,23,25);1H. The molecule has 7 heteroatoms. The molecule has 1 aliphatic heterocycles. The Morgan fingerprint density at radius 2 is 2.00 bits per heavy atom. The summed E-state index contributed by atoms with van der Waals surface area (Å²) in [4.78, 5) is 11.7. The van der Waals surface area contributed by atoms with Crippen molar-refractivity contribution in [2.45, 2.75) is 38.8 Å². The molecule has 0 aliphatic carbocycles. The number of benzene rings is 1. The Bertz CT molecular complexity index is 758. The van der Waals surface area contributed by atoms with Crippen LogP contribution in [0.25, 0.3) is 10.9 Å². The highest BCUT2D eigenvalue weighted by atomic mass is 127. The van der Waals surface area contributed by atoms with Crippen molar-refractivity contribution in [1.82, 2.24) is 15.2 Å². The minimum Gasteiger partial charge on any atom is -0.385 e. The van der Waals surface area contributed by atoms with E-state index in [1.807, 2.05) is 18.3 Å². The molecule has 1 N–H and O–H groups in total. The summed E-state index contributed by atoms with van der Waals surface area (Å²) < 4.78 is 11.1. The van der Waals surface area contributed by atoms with Crippen LogP contribution in [0.5, 0.6) is 0 Å². The van der Waals surface area contributed by atoms with E-state index in [9.17, 15) is 0 Å². The van der Waals surface area contributed by atoms with Crippen LogP contribution < -0.4 is 5.32 Å². The van der Waals surface area contributed by atoms with Gasteiger partial charge in [-0.15, -0.1) is 24.0 Å². The topological polar surface area (TPSA) is 59.0 Å². The van der Waals surface area contributed by atoms with Gasteiger partial charge in [-0.1, -0.05) is 18.2 Å². The maximum atomic E-state index is 5.98. The quantitative estimate of drug-likeness (QED) is 0.252. The maximum Gasteiger partial charge on any atom is 0.194 e. The molecule has 0 spiro atoms. The summed E-state index contributed by atoms with van der Waals surface area (Å²) in [5.41, 5.74) is 2.23. The van der Waals surface area contributed by atoms with Gasteiger partial charge in [0.05, 0.1) is 18.2 Å². The number of methoxy groups -OCH3 is 1. The summed E-state index contributed by atoms with van der Waals surface area (Å²) in [5.74, 6) is 0.987. The van der Waals surface area contributed by atoms with E-state index in [4.69, 9.17) is 14.5 Å². The molecule has 1 fully saturated rings. The molecule has 0 bridgehead atoms. The average molecular weight is 512 g/mol. The number of hydrogen-bond acceptors (Lipinski definition) is 4. The number of piperidine rings is 1. The molecule has 1 aliphatic rings. The monoisotopic (exact) mass is 512 g/mol. The largest absolute Gasteiger partial charge is 0.385 e. The maximum absolute atomic E-state index is 5.98. The number of aromatic nitrogens is 1. The minimum absolute atomic E-state index is 0. The first-order chi connectivity index (χ1) is 13.8. The zero-order valence-corrected chi connectivity index (χ0v) is 19.8. The fourth-order valence-corrected chi connectivity index (χ4v) is 3.57. The van der Waals surface area contributed by atoms with Gasteiger partial charge >= 0.3 is 0 Å². The Morgan fingerprint density at radius 1 is 1.21 bits per heavy atom. The van der Waals surface area contributed by atoms with Gasteiger partial charge in [0.25, 0.3) is 0 Å². The Hall–Kier alpha value is -1.45. The van der Waals surface area contributed by atoms with Gasteiger partial charge in [0.2, 0.25) is 0 Å². The fourth-order valence-electron chi connectivity index (χ4n) is 3.57. The molecular formula is C22H33IN4O2. The van der Waals surface area contributed by atoms with Gasteiger partial charge in [-0.05, 0) is 43.9 Å². The van der Waals surface area contributed by atoms with Crippen molar-refractivity contribution in [3.63, 3.8) is 0 Å². The van der Waals surface area contributed by atoms with E-state index in [-0.39, 0.29) is 24.0 Å². The second-order valence-corrected chi connectivity index (χ2v) is 7.06. The first kappa shape index (κ1) is 23.8. The third-order valence-corrected chi connectivity index (χ3v) is 5.06. The lowest BCUT2D eigenvalue weighted by Gasteiger charge is -2.34. The number of halogens is 1. The lowest BCUT2D eigenvalue weighted by atomic mass is 10.1. The molecule has 0 radical (unpaired) electrons. The Balaban J connectivity index is 0.00000300. The van der Waals surface area contributed by atoms with E-state index < -0.39 is 0 Å². The van der Waals surface area contributed by atoms with E-state index in [0.717, 1.165) is 63.6 Å². The highest BCUT2D eigenvalue weighted by Crippen LogP contribution is 2.18. The SMILES string of the molecule is CCNC(=NCc1ccnc2ccccc12)N1CCC(OCCCOC)CC1.I. The Kier molecular flexibility index (Phi) is 10.7. The molecule has 6 nitrogen and oxygen atoms in total. The van der Waals surface area contributed by atoms with Crippen LogP contribution in [-0.2, 0) is 16.0 Å². The van der Waals surface area contributed by atoms with Crippen molar-refractivity contribution >= 4 is 40.8 Å². The molecule has 160 valence electrons. The summed E-state index contributed by atoms with van der Waals surface area (Å²) in [7, 11) is 1.73. The number of nitrogens with zero attached hydrogens (tertiary/aromatic N) is 3. The smallest absolute Gasteiger partial charge is 0.194 e. The first-order valence-electron chi connectivity index (χ1n) is 10.3. The van der Waals surface area contributed by atoms with E-state index in [0.29, 0.717) is 12.6 Å². The molecule has 2 aromatic rings. The van der Waals surface area contributed by atoms with Gasteiger partial charge in [0.15, 0.2) is 5.96 Å². The zero-order chi connectivity index (χ0) is 19.6.